The van der Waals surface area contributed by atoms with E-state index < -0.39 is 17.9 Å². The summed E-state index contributed by atoms with van der Waals surface area (Å²) >= 11 is 0. The maximum absolute atomic E-state index is 13.0. The topological polar surface area (TPSA) is 40.5 Å². The number of amides is 1. The van der Waals surface area contributed by atoms with Crippen LogP contribution in [0.5, 0.6) is 0 Å². The Hall–Kier alpha value is -1.63. The molecule has 0 saturated carbocycles. The number of rotatable bonds is 2. The number of nitrogens with zero attached hydrogens (tertiary/aromatic N) is 1. The van der Waals surface area contributed by atoms with E-state index in [0.29, 0.717) is 20.0 Å². The van der Waals surface area contributed by atoms with Gasteiger partial charge in [-0.3, -0.25) is 4.79 Å². The zero-order chi connectivity index (χ0) is 16.5. The molecule has 0 aliphatic carbocycles. The highest BCUT2D eigenvalue weighted by atomic mass is 19.4. The van der Waals surface area contributed by atoms with E-state index in [1.165, 1.54) is 17.0 Å². The molecule has 7 heteroatoms. The Balaban J connectivity index is 2.14. The zero-order valence-corrected chi connectivity index (χ0v) is 12.0. The summed E-state index contributed by atoms with van der Waals surface area (Å²) in [7, 11) is 0. The summed E-state index contributed by atoms with van der Waals surface area (Å²) in [5.41, 5.74) is -3.08. The molecule has 2 rings (SSSR count). The van der Waals surface area contributed by atoms with Crippen LogP contribution < -0.4 is 0 Å². The van der Waals surface area contributed by atoms with Crippen LogP contribution in [-0.4, -0.2) is 41.4 Å². The summed E-state index contributed by atoms with van der Waals surface area (Å²) in [6, 6.07) is 4.67. The van der Waals surface area contributed by atoms with Crippen molar-refractivity contribution in [2.45, 2.75) is 37.7 Å². The summed E-state index contributed by atoms with van der Waals surface area (Å²) < 4.78 is 51.3. The lowest BCUT2D eigenvalue weighted by Crippen LogP contribution is -2.40. The molecule has 1 aliphatic rings. The quantitative estimate of drug-likeness (QED) is 0.851. The van der Waals surface area contributed by atoms with Gasteiger partial charge < -0.3 is 10.0 Å². The van der Waals surface area contributed by atoms with Gasteiger partial charge in [-0.05, 0) is 37.5 Å². The molecular weight excluding hydrogens is 302 g/mol. The van der Waals surface area contributed by atoms with Gasteiger partial charge in [-0.15, -0.1) is 0 Å². The van der Waals surface area contributed by atoms with E-state index in [1.807, 2.05) is 0 Å². The van der Waals surface area contributed by atoms with Gasteiger partial charge in [0.25, 0.3) is 5.91 Å². The molecule has 0 spiro atoms. The molecule has 1 fully saturated rings. The first-order valence-corrected chi connectivity index (χ1v) is 6.96. The highest BCUT2D eigenvalue weighted by molar-refractivity contribution is 5.94. The molecule has 0 aromatic heterocycles. The van der Waals surface area contributed by atoms with Gasteiger partial charge in [0.05, 0.1) is 0 Å². The standard InChI is InChI=1S/C15H17F4NO2/c1-14(22,15(17,18)19)11-4-2-10(3-5-11)13(21)20-8-6-12(16)7-9-20/h2-5,12,22H,6-9H2,1H3. The summed E-state index contributed by atoms with van der Waals surface area (Å²) in [5, 5.41) is 9.57. The largest absolute Gasteiger partial charge is 0.421 e. The Kier molecular flexibility index (Phi) is 4.47. The van der Waals surface area contributed by atoms with Gasteiger partial charge in [-0.1, -0.05) is 12.1 Å². The summed E-state index contributed by atoms with van der Waals surface area (Å²) in [6.07, 6.45) is -5.17. The predicted molar refractivity (Wildman–Crippen MR) is 72.1 cm³/mol. The molecule has 3 nitrogen and oxygen atoms in total. The molecule has 1 aromatic rings. The number of halogens is 4. The first kappa shape index (κ1) is 16.7. The number of carbonyl (C=O) groups excluding carboxylic acids is 1. The number of likely N-dealkylation sites (tertiary alicyclic amines) is 1. The van der Waals surface area contributed by atoms with Crippen molar-refractivity contribution < 1.29 is 27.5 Å². The van der Waals surface area contributed by atoms with Gasteiger partial charge in [0.15, 0.2) is 5.60 Å². The molecule has 0 radical (unpaired) electrons. The number of hydrogen-bond acceptors (Lipinski definition) is 2. The van der Waals surface area contributed by atoms with E-state index in [4.69, 9.17) is 0 Å². The number of alkyl halides is 4. The van der Waals surface area contributed by atoms with E-state index in [0.717, 1.165) is 12.1 Å². The average Bonchev–Trinajstić information content (AvgIpc) is 2.46. The fourth-order valence-corrected chi connectivity index (χ4v) is 2.33. The summed E-state index contributed by atoms with van der Waals surface area (Å²) in [6.45, 7) is 1.25. The van der Waals surface area contributed by atoms with E-state index >= 15 is 0 Å². The van der Waals surface area contributed by atoms with Gasteiger partial charge >= 0.3 is 6.18 Å². The molecule has 1 aliphatic heterocycles. The van der Waals surface area contributed by atoms with Crippen LogP contribution in [0.15, 0.2) is 24.3 Å². The Morgan fingerprint density at radius 1 is 1.18 bits per heavy atom. The van der Waals surface area contributed by atoms with Crippen LogP contribution in [0, 0.1) is 0 Å². The molecule has 1 heterocycles. The van der Waals surface area contributed by atoms with Gasteiger partial charge in [-0.2, -0.15) is 13.2 Å². The highest BCUT2D eigenvalue weighted by Crippen LogP contribution is 2.38. The Bertz CT molecular complexity index is 531. The molecule has 0 bridgehead atoms. The van der Waals surface area contributed by atoms with Gasteiger partial charge in [0, 0.05) is 18.7 Å². The molecule has 1 unspecified atom stereocenters. The van der Waals surface area contributed by atoms with Crippen molar-refractivity contribution in [1.29, 1.82) is 0 Å². The lowest BCUT2D eigenvalue weighted by atomic mass is 9.94. The van der Waals surface area contributed by atoms with Crippen molar-refractivity contribution in [3.05, 3.63) is 35.4 Å². The number of hydrogen-bond donors (Lipinski definition) is 1. The number of carbonyl (C=O) groups is 1. The van der Waals surface area contributed by atoms with Crippen LogP contribution >= 0.6 is 0 Å². The minimum Gasteiger partial charge on any atom is -0.376 e. The number of aliphatic hydroxyl groups is 1. The lowest BCUT2D eigenvalue weighted by molar-refractivity contribution is -0.258. The predicted octanol–water partition coefficient (Wildman–Crippen LogP) is 3.03. The fourth-order valence-electron chi connectivity index (χ4n) is 2.33. The molecule has 22 heavy (non-hydrogen) atoms. The average molecular weight is 319 g/mol. The van der Waals surface area contributed by atoms with Gasteiger partial charge in [0.2, 0.25) is 0 Å². The monoisotopic (exact) mass is 319 g/mol. The van der Waals surface area contributed by atoms with Gasteiger partial charge in [-0.25, -0.2) is 4.39 Å². The molecule has 1 N–H and O–H groups in total. The summed E-state index contributed by atoms with van der Waals surface area (Å²) in [4.78, 5) is 13.7. The van der Waals surface area contributed by atoms with Crippen LogP contribution in [0.4, 0.5) is 17.6 Å². The van der Waals surface area contributed by atoms with Crippen molar-refractivity contribution in [2.24, 2.45) is 0 Å². The van der Waals surface area contributed by atoms with Crippen LogP contribution in [0.25, 0.3) is 0 Å². The second kappa shape index (κ2) is 5.87. The first-order chi connectivity index (χ1) is 10.1. The normalized spacial score (nSPS) is 19.8. The SMILES string of the molecule is CC(O)(c1ccc(C(=O)N2CCC(F)CC2)cc1)C(F)(F)F. The molecule has 1 amide bonds. The third-order valence-corrected chi connectivity index (χ3v) is 3.96. The van der Waals surface area contributed by atoms with E-state index in [9.17, 15) is 27.5 Å². The van der Waals surface area contributed by atoms with E-state index in [1.54, 1.807) is 0 Å². The van der Waals surface area contributed by atoms with Crippen molar-refractivity contribution in [3.63, 3.8) is 0 Å². The second-order valence-electron chi connectivity index (χ2n) is 5.61. The molecule has 1 aromatic carbocycles. The maximum atomic E-state index is 13.0. The third-order valence-electron chi connectivity index (χ3n) is 3.96. The maximum Gasteiger partial charge on any atom is 0.421 e. The van der Waals surface area contributed by atoms with Crippen molar-refractivity contribution in [2.75, 3.05) is 13.1 Å². The smallest absolute Gasteiger partial charge is 0.376 e. The molecular formula is C15H17F4NO2. The molecule has 1 atom stereocenters. The fraction of sp³-hybridized carbons (Fsp3) is 0.533. The highest BCUT2D eigenvalue weighted by Gasteiger charge is 2.51. The zero-order valence-electron chi connectivity index (χ0n) is 12.0. The Labute approximate surface area is 125 Å². The minimum atomic E-state index is -4.80. The molecule has 1 saturated heterocycles. The van der Waals surface area contributed by atoms with E-state index in [-0.39, 0.29) is 29.9 Å². The van der Waals surface area contributed by atoms with Crippen LogP contribution in [-0.2, 0) is 5.60 Å². The van der Waals surface area contributed by atoms with E-state index in [2.05, 4.69) is 0 Å². The lowest BCUT2D eigenvalue weighted by Gasteiger charge is -2.29. The van der Waals surface area contributed by atoms with Crippen LogP contribution in [0.1, 0.15) is 35.7 Å². The first-order valence-electron chi connectivity index (χ1n) is 6.96. The van der Waals surface area contributed by atoms with Crippen LogP contribution in [0.3, 0.4) is 0 Å². The Morgan fingerprint density at radius 2 is 1.68 bits per heavy atom. The minimum absolute atomic E-state index is 0.221. The number of benzene rings is 1. The van der Waals surface area contributed by atoms with Gasteiger partial charge in [0.1, 0.15) is 6.17 Å². The number of piperidine rings is 1. The third kappa shape index (κ3) is 3.24. The van der Waals surface area contributed by atoms with Crippen molar-refractivity contribution in [3.8, 4) is 0 Å². The Morgan fingerprint density at radius 3 is 2.14 bits per heavy atom. The van der Waals surface area contributed by atoms with Crippen molar-refractivity contribution >= 4 is 5.91 Å². The second-order valence-corrected chi connectivity index (χ2v) is 5.61. The molecule has 122 valence electrons. The van der Waals surface area contributed by atoms with Crippen molar-refractivity contribution in [1.82, 2.24) is 4.90 Å². The van der Waals surface area contributed by atoms with Crippen LogP contribution in [0.2, 0.25) is 0 Å². The summed E-state index contributed by atoms with van der Waals surface area (Å²) in [5.74, 6) is -0.342.